The first-order chi connectivity index (χ1) is 9.69. The van der Waals surface area contributed by atoms with Crippen LogP contribution in [0.15, 0.2) is 6.33 Å². The zero-order valence-corrected chi connectivity index (χ0v) is 11.7. The van der Waals surface area contributed by atoms with Crippen LogP contribution in [0.2, 0.25) is 0 Å². The van der Waals surface area contributed by atoms with Gasteiger partial charge in [0.05, 0.1) is 37.2 Å². The van der Waals surface area contributed by atoms with Crippen LogP contribution >= 0.6 is 0 Å². The van der Waals surface area contributed by atoms with Gasteiger partial charge in [-0.25, -0.2) is 4.98 Å². The third kappa shape index (κ3) is 2.45. The average Bonchev–Trinajstić information content (AvgIpc) is 3.04. The molecule has 2 aliphatic rings. The number of aliphatic hydroxyl groups excluding tert-OH is 1. The first-order valence-electron chi connectivity index (χ1n) is 7.19. The lowest BCUT2D eigenvalue weighted by molar-refractivity contribution is -0.143. The molecule has 0 aromatic carbocycles. The second-order valence-corrected chi connectivity index (χ2v) is 5.73. The number of aliphatic hydroxyl groups is 1. The lowest BCUT2D eigenvalue weighted by Gasteiger charge is -2.37. The van der Waals surface area contributed by atoms with Crippen molar-refractivity contribution in [3.63, 3.8) is 0 Å². The van der Waals surface area contributed by atoms with E-state index in [1.165, 1.54) is 0 Å². The van der Waals surface area contributed by atoms with E-state index in [2.05, 4.69) is 9.97 Å². The number of ether oxygens (including phenoxy) is 1. The Hall–Kier alpha value is -1.40. The molecule has 1 saturated carbocycles. The maximum Gasteiger partial charge on any atom is 0.229 e. The molecule has 1 aliphatic carbocycles. The summed E-state index contributed by atoms with van der Waals surface area (Å²) < 4.78 is 5.75. The van der Waals surface area contributed by atoms with Crippen molar-refractivity contribution in [2.24, 2.45) is 5.92 Å². The Bertz CT molecular complexity index is 488. The maximum atomic E-state index is 12.5. The fourth-order valence-electron chi connectivity index (χ4n) is 3.32. The molecule has 2 N–H and O–H groups in total. The molecule has 110 valence electrons. The van der Waals surface area contributed by atoms with Gasteiger partial charge in [0, 0.05) is 18.8 Å². The zero-order valence-electron chi connectivity index (χ0n) is 11.7. The van der Waals surface area contributed by atoms with Crippen LogP contribution in [-0.4, -0.2) is 57.8 Å². The largest absolute Gasteiger partial charge is 0.396 e. The van der Waals surface area contributed by atoms with Crippen molar-refractivity contribution in [3.8, 4) is 0 Å². The van der Waals surface area contributed by atoms with Gasteiger partial charge in [-0.15, -0.1) is 0 Å². The molecule has 1 aromatic rings. The summed E-state index contributed by atoms with van der Waals surface area (Å²) in [5.74, 6) is 0.364. The number of aromatic nitrogens is 2. The number of carbonyl (C=O) groups excluding carboxylic acids is 1. The van der Waals surface area contributed by atoms with E-state index < -0.39 is 0 Å². The number of hydrogen-bond donors (Lipinski definition) is 2. The molecule has 0 bridgehead atoms. The molecule has 3 rings (SSSR count). The van der Waals surface area contributed by atoms with Crippen LogP contribution in [0, 0.1) is 12.8 Å². The predicted molar refractivity (Wildman–Crippen MR) is 72.1 cm³/mol. The maximum absolute atomic E-state index is 12.5. The van der Waals surface area contributed by atoms with Crippen molar-refractivity contribution in [2.75, 3.05) is 19.8 Å². The van der Waals surface area contributed by atoms with E-state index in [1.807, 2.05) is 11.8 Å². The van der Waals surface area contributed by atoms with Gasteiger partial charge in [-0.2, -0.15) is 0 Å². The van der Waals surface area contributed by atoms with Gasteiger partial charge >= 0.3 is 0 Å². The Kier molecular flexibility index (Phi) is 3.76. The SMILES string of the molecule is Cc1[nH]cnc1CC(=O)N1CCOC2C[C@H](CO)C[C@@H]21. The summed E-state index contributed by atoms with van der Waals surface area (Å²) in [5.41, 5.74) is 1.76. The number of imidazole rings is 1. The van der Waals surface area contributed by atoms with Crippen LogP contribution < -0.4 is 0 Å². The van der Waals surface area contributed by atoms with Crippen molar-refractivity contribution < 1.29 is 14.6 Å². The number of fused-ring (bicyclic) bond motifs is 1. The Labute approximate surface area is 118 Å². The normalized spacial score (nSPS) is 29.5. The Morgan fingerprint density at radius 1 is 1.60 bits per heavy atom. The average molecular weight is 279 g/mol. The quantitative estimate of drug-likeness (QED) is 0.832. The summed E-state index contributed by atoms with van der Waals surface area (Å²) in [6.07, 6.45) is 3.74. The van der Waals surface area contributed by atoms with E-state index in [0.29, 0.717) is 19.6 Å². The number of H-pyrrole nitrogens is 1. The Balaban J connectivity index is 1.69. The van der Waals surface area contributed by atoms with Crippen molar-refractivity contribution in [2.45, 2.75) is 38.3 Å². The highest BCUT2D eigenvalue weighted by Gasteiger charge is 2.42. The number of morpholine rings is 1. The Morgan fingerprint density at radius 2 is 2.45 bits per heavy atom. The molecule has 20 heavy (non-hydrogen) atoms. The molecule has 0 radical (unpaired) electrons. The number of nitrogens with zero attached hydrogens (tertiary/aromatic N) is 2. The number of nitrogens with one attached hydrogen (secondary N) is 1. The summed E-state index contributed by atoms with van der Waals surface area (Å²) in [6, 6.07) is 0.118. The van der Waals surface area contributed by atoms with E-state index in [-0.39, 0.29) is 30.6 Å². The lowest BCUT2D eigenvalue weighted by atomic mass is 10.1. The molecule has 1 aromatic heterocycles. The van der Waals surface area contributed by atoms with Gasteiger partial charge in [0.25, 0.3) is 0 Å². The fourth-order valence-corrected chi connectivity index (χ4v) is 3.32. The van der Waals surface area contributed by atoms with Crippen molar-refractivity contribution in [3.05, 3.63) is 17.7 Å². The van der Waals surface area contributed by atoms with Gasteiger partial charge in [0.15, 0.2) is 0 Å². The molecular formula is C14H21N3O3. The summed E-state index contributed by atoms with van der Waals surface area (Å²) >= 11 is 0. The molecule has 3 atom stereocenters. The zero-order chi connectivity index (χ0) is 14.1. The molecular weight excluding hydrogens is 258 g/mol. The van der Waals surface area contributed by atoms with Crippen LogP contribution in [0.5, 0.6) is 0 Å². The number of aryl methyl sites for hydroxylation is 1. The molecule has 1 aliphatic heterocycles. The number of hydrogen-bond acceptors (Lipinski definition) is 4. The number of amides is 1. The highest BCUT2D eigenvalue weighted by atomic mass is 16.5. The highest BCUT2D eigenvalue weighted by molar-refractivity contribution is 5.79. The predicted octanol–water partition coefficient (Wildman–Crippen LogP) is 0.259. The Morgan fingerprint density at radius 3 is 3.15 bits per heavy atom. The van der Waals surface area contributed by atoms with Crippen LogP contribution in [0.1, 0.15) is 24.2 Å². The fraction of sp³-hybridized carbons (Fsp3) is 0.714. The van der Waals surface area contributed by atoms with E-state index in [4.69, 9.17) is 4.74 Å². The minimum atomic E-state index is 0.0881. The lowest BCUT2D eigenvalue weighted by Crippen LogP contribution is -2.51. The third-order valence-electron chi connectivity index (χ3n) is 4.47. The molecule has 2 heterocycles. The summed E-state index contributed by atoms with van der Waals surface area (Å²) in [4.78, 5) is 21.6. The molecule has 6 nitrogen and oxygen atoms in total. The summed E-state index contributed by atoms with van der Waals surface area (Å²) in [5, 5.41) is 9.31. The monoisotopic (exact) mass is 279 g/mol. The number of carbonyl (C=O) groups is 1. The standard InChI is InChI=1S/C14H21N3O3/c1-9-11(16-8-15-9)6-14(19)17-2-3-20-13-5-10(7-18)4-12(13)17/h8,10,12-13,18H,2-7H2,1H3,(H,15,16)/t10-,12+,13?/m1/s1. The van der Waals surface area contributed by atoms with Crippen LogP contribution in [0.4, 0.5) is 0 Å². The molecule has 0 spiro atoms. The van der Waals surface area contributed by atoms with Gasteiger partial charge in [0.1, 0.15) is 0 Å². The van der Waals surface area contributed by atoms with Crippen molar-refractivity contribution >= 4 is 5.91 Å². The van der Waals surface area contributed by atoms with Crippen LogP contribution in [0.3, 0.4) is 0 Å². The highest BCUT2D eigenvalue weighted by Crippen LogP contribution is 2.34. The molecule has 1 unspecified atom stereocenters. The topological polar surface area (TPSA) is 78.5 Å². The van der Waals surface area contributed by atoms with Gasteiger partial charge < -0.3 is 19.7 Å². The minimum absolute atomic E-state index is 0.0881. The van der Waals surface area contributed by atoms with Crippen LogP contribution in [0.25, 0.3) is 0 Å². The van der Waals surface area contributed by atoms with Gasteiger partial charge in [0.2, 0.25) is 5.91 Å². The van der Waals surface area contributed by atoms with Gasteiger partial charge in [-0.3, -0.25) is 4.79 Å². The smallest absolute Gasteiger partial charge is 0.229 e. The number of rotatable bonds is 3. The van der Waals surface area contributed by atoms with E-state index in [1.54, 1.807) is 6.33 Å². The van der Waals surface area contributed by atoms with E-state index in [9.17, 15) is 9.90 Å². The van der Waals surface area contributed by atoms with E-state index >= 15 is 0 Å². The van der Waals surface area contributed by atoms with Crippen molar-refractivity contribution in [1.82, 2.24) is 14.9 Å². The van der Waals surface area contributed by atoms with Gasteiger partial charge in [-0.05, 0) is 25.7 Å². The van der Waals surface area contributed by atoms with Crippen molar-refractivity contribution in [1.29, 1.82) is 0 Å². The first kappa shape index (κ1) is 13.6. The summed E-state index contributed by atoms with van der Waals surface area (Å²) in [6.45, 7) is 3.33. The first-order valence-corrected chi connectivity index (χ1v) is 7.19. The minimum Gasteiger partial charge on any atom is -0.396 e. The van der Waals surface area contributed by atoms with E-state index in [0.717, 1.165) is 24.2 Å². The molecule has 6 heteroatoms. The summed E-state index contributed by atoms with van der Waals surface area (Å²) in [7, 11) is 0. The second-order valence-electron chi connectivity index (χ2n) is 5.73. The molecule has 1 saturated heterocycles. The van der Waals surface area contributed by atoms with Gasteiger partial charge in [-0.1, -0.05) is 0 Å². The molecule has 1 amide bonds. The molecule has 2 fully saturated rings. The third-order valence-corrected chi connectivity index (χ3v) is 4.47. The second kappa shape index (κ2) is 5.54. The number of aromatic amines is 1. The van der Waals surface area contributed by atoms with Crippen LogP contribution in [-0.2, 0) is 16.0 Å².